The normalized spacial score (nSPS) is 25.8. The van der Waals surface area contributed by atoms with E-state index in [9.17, 15) is 4.79 Å². The van der Waals surface area contributed by atoms with E-state index in [0.29, 0.717) is 6.61 Å². The minimum Gasteiger partial charge on any atom is -0.455 e. The van der Waals surface area contributed by atoms with Gasteiger partial charge < -0.3 is 13.9 Å². The average molecular weight is 411 g/mol. The first-order valence-corrected chi connectivity index (χ1v) is 12.4. The van der Waals surface area contributed by atoms with Gasteiger partial charge in [-0.1, -0.05) is 71.9 Å². The Morgan fingerprint density at radius 2 is 1.61 bits per heavy atom. The van der Waals surface area contributed by atoms with Crippen LogP contribution in [-0.4, -0.2) is 38.8 Å². The van der Waals surface area contributed by atoms with E-state index in [4.69, 9.17) is 13.9 Å². The first-order chi connectivity index (χ1) is 13.0. The van der Waals surface area contributed by atoms with Crippen molar-refractivity contribution in [3.8, 4) is 0 Å². The monoisotopic (exact) mass is 410 g/mol. The Hall–Kier alpha value is -1.24. The zero-order chi connectivity index (χ0) is 21.1. The van der Waals surface area contributed by atoms with Crippen molar-refractivity contribution in [2.45, 2.75) is 89.6 Å². The molecule has 3 atom stereocenters. The molecule has 1 fully saturated rings. The molecule has 1 saturated heterocycles. The van der Waals surface area contributed by atoms with Crippen LogP contribution in [-0.2, 0) is 25.3 Å². The summed E-state index contributed by atoms with van der Waals surface area (Å²) in [6.45, 7) is 14.6. The summed E-state index contributed by atoms with van der Waals surface area (Å²) in [5, 5.41) is 0. The van der Waals surface area contributed by atoms with Crippen molar-refractivity contribution in [2.75, 3.05) is 6.61 Å². The van der Waals surface area contributed by atoms with Gasteiger partial charge in [0.2, 0.25) is 14.0 Å². The van der Waals surface area contributed by atoms with E-state index >= 15 is 4.39 Å². The predicted octanol–water partition coefficient (Wildman–Crippen LogP) is 5.42. The fourth-order valence-electron chi connectivity index (χ4n) is 4.58. The van der Waals surface area contributed by atoms with Gasteiger partial charge in [-0.05, 0) is 29.1 Å². The van der Waals surface area contributed by atoms with Crippen LogP contribution in [0, 0.1) is 0 Å². The van der Waals surface area contributed by atoms with Gasteiger partial charge in [0.1, 0.15) is 6.10 Å². The summed E-state index contributed by atoms with van der Waals surface area (Å²) in [4.78, 5) is 12.2. The van der Waals surface area contributed by atoms with Gasteiger partial charge >= 0.3 is 5.97 Å². The highest BCUT2D eigenvalue weighted by Gasteiger charge is 2.60. The number of cyclic esters (lactones) is 1. The second-order valence-electron chi connectivity index (χ2n) is 8.88. The maximum atomic E-state index is 15.4. The lowest BCUT2D eigenvalue weighted by molar-refractivity contribution is -0.150. The average Bonchev–Trinajstić information content (AvgIpc) is 2.81. The molecule has 4 nitrogen and oxygen atoms in total. The molecule has 0 saturated carbocycles. The van der Waals surface area contributed by atoms with E-state index < -0.39 is 32.2 Å². The summed E-state index contributed by atoms with van der Waals surface area (Å²) in [5.74, 6) is -0.857. The first kappa shape index (κ1) is 23.0. The molecule has 0 spiro atoms. The van der Waals surface area contributed by atoms with E-state index in [0.717, 1.165) is 5.56 Å². The number of alkyl halides is 1. The summed E-state index contributed by atoms with van der Waals surface area (Å²) >= 11 is 0. The van der Waals surface area contributed by atoms with Crippen molar-refractivity contribution in [2.24, 2.45) is 0 Å². The number of halogens is 1. The van der Waals surface area contributed by atoms with Gasteiger partial charge in [0, 0.05) is 0 Å². The van der Waals surface area contributed by atoms with E-state index in [1.165, 1.54) is 6.92 Å². The third-order valence-corrected chi connectivity index (χ3v) is 12.0. The summed E-state index contributed by atoms with van der Waals surface area (Å²) in [6.07, 6.45) is -1.69. The SMILES string of the molecule is CC(C)[Si](O[C@@H]1[C@@H](COCc2ccccc2)OC(=O)[C@@]1(C)F)(C(C)C)C(C)C. The summed E-state index contributed by atoms with van der Waals surface area (Å²) < 4.78 is 33.1. The Balaban J connectivity index is 2.20. The molecule has 1 heterocycles. The Bertz CT molecular complexity index is 623. The number of carbonyl (C=O) groups is 1. The minimum atomic E-state index is -2.38. The van der Waals surface area contributed by atoms with E-state index in [2.05, 4.69) is 41.5 Å². The third kappa shape index (κ3) is 4.49. The quantitative estimate of drug-likeness (QED) is 0.403. The van der Waals surface area contributed by atoms with Gasteiger partial charge in [-0.2, -0.15) is 0 Å². The Morgan fingerprint density at radius 1 is 1.07 bits per heavy atom. The number of benzene rings is 1. The molecule has 1 aromatic carbocycles. The molecular formula is C22H35FO4Si. The lowest BCUT2D eigenvalue weighted by Gasteiger charge is -2.45. The largest absolute Gasteiger partial charge is 0.455 e. The van der Waals surface area contributed by atoms with Crippen LogP contribution < -0.4 is 0 Å². The standard InChI is InChI=1S/C22H35FO4Si/c1-15(2)28(16(3)4,17(5)6)27-20-19(26-21(24)22(20,7)23)14-25-13-18-11-9-8-10-12-18/h8-12,15-17,19-20H,13-14H2,1-7H3/t19-,20-,22+/m1/s1. The maximum absolute atomic E-state index is 15.4. The lowest BCUT2D eigenvalue weighted by Crippen LogP contribution is -2.56. The predicted molar refractivity (Wildman–Crippen MR) is 111 cm³/mol. The third-order valence-electron chi connectivity index (χ3n) is 5.96. The number of esters is 1. The molecule has 2 rings (SSSR count). The highest BCUT2D eigenvalue weighted by atomic mass is 28.4. The molecule has 28 heavy (non-hydrogen) atoms. The summed E-state index contributed by atoms with van der Waals surface area (Å²) in [5.41, 5.74) is -0.306. The summed E-state index contributed by atoms with van der Waals surface area (Å²) in [7, 11) is -2.38. The maximum Gasteiger partial charge on any atom is 0.346 e. The van der Waals surface area contributed by atoms with Gasteiger partial charge in [-0.3, -0.25) is 0 Å². The van der Waals surface area contributed by atoms with Crippen molar-refractivity contribution in [1.29, 1.82) is 0 Å². The number of hydrogen-bond donors (Lipinski definition) is 0. The molecule has 0 aromatic heterocycles. The Morgan fingerprint density at radius 3 is 2.11 bits per heavy atom. The topological polar surface area (TPSA) is 44.8 Å². The second kappa shape index (κ2) is 9.05. The van der Waals surface area contributed by atoms with Gasteiger partial charge in [0.15, 0.2) is 6.10 Å². The van der Waals surface area contributed by atoms with Crippen molar-refractivity contribution in [3.05, 3.63) is 35.9 Å². The molecule has 1 aliphatic heterocycles. The van der Waals surface area contributed by atoms with Crippen LogP contribution in [0.15, 0.2) is 30.3 Å². The van der Waals surface area contributed by atoms with Gasteiger partial charge in [-0.25, -0.2) is 9.18 Å². The van der Waals surface area contributed by atoms with Crippen LogP contribution in [0.5, 0.6) is 0 Å². The fraction of sp³-hybridized carbons (Fsp3) is 0.682. The molecule has 0 aliphatic carbocycles. The molecule has 1 aliphatic rings. The molecular weight excluding hydrogens is 375 g/mol. The first-order valence-electron chi connectivity index (χ1n) is 10.2. The van der Waals surface area contributed by atoms with E-state index in [1.54, 1.807) is 0 Å². The van der Waals surface area contributed by atoms with Crippen molar-refractivity contribution < 1.29 is 23.1 Å². The van der Waals surface area contributed by atoms with Crippen LogP contribution in [0.1, 0.15) is 54.0 Å². The lowest BCUT2D eigenvalue weighted by atomic mass is 10.0. The number of ether oxygens (including phenoxy) is 2. The number of rotatable bonds is 9. The van der Waals surface area contributed by atoms with Crippen LogP contribution in [0.3, 0.4) is 0 Å². The highest BCUT2D eigenvalue weighted by molar-refractivity contribution is 6.77. The van der Waals surface area contributed by atoms with Crippen molar-refractivity contribution in [3.63, 3.8) is 0 Å². The van der Waals surface area contributed by atoms with Crippen molar-refractivity contribution in [1.82, 2.24) is 0 Å². The van der Waals surface area contributed by atoms with E-state index in [-0.39, 0.29) is 23.2 Å². The minimum absolute atomic E-state index is 0.115. The highest BCUT2D eigenvalue weighted by Crippen LogP contribution is 2.46. The molecule has 0 N–H and O–H groups in total. The molecule has 0 unspecified atom stereocenters. The number of hydrogen-bond acceptors (Lipinski definition) is 4. The van der Waals surface area contributed by atoms with Crippen LogP contribution >= 0.6 is 0 Å². The molecule has 0 radical (unpaired) electrons. The summed E-state index contributed by atoms with van der Waals surface area (Å²) in [6, 6.07) is 9.73. The molecule has 158 valence electrons. The van der Waals surface area contributed by atoms with Crippen LogP contribution in [0.4, 0.5) is 4.39 Å². The van der Waals surface area contributed by atoms with Gasteiger partial charge in [0.05, 0.1) is 13.2 Å². The number of carbonyl (C=O) groups excluding carboxylic acids is 1. The molecule has 0 amide bonds. The molecule has 0 bridgehead atoms. The zero-order valence-electron chi connectivity index (χ0n) is 18.2. The second-order valence-corrected chi connectivity index (χ2v) is 14.3. The zero-order valence-corrected chi connectivity index (χ0v) is 19.2. The van der Waals surface area contributed by atoms with Gasteiger partial charge in [-0.15, -0.1) is 0 Å². The van der Waals surface area contributed by atoms with Crippen LogP contribution in [0.25, 0.3) is 0 Å². The fourth-order valence-corrected chi connectivity index (χ4v) is 10.2. The Labute approximate surface area is 169 Å². The van der Waals surface area contributed by atoms with Crippen LogP contribution in [0.2, 0.25) is 16.6 Å². The molecule has 1 aromatic rings. The van der Waals surface area contributed by atoms with E-state index in [1.807, 2.05) is 30.3 Å². The van der Waals surface area contributed by atoms with Crippen molar-refractivity contribution >= 4 is 14.3 Å². The molecule has 6 heteroatoms. The van der Waals surface area contributed by atoms with Gasteiger partial charge in [0.25, 0.3) is 0 Å². The smallest absolute Gasteiger partial charge is 0.346 e. The Kier molecular flexibility index (Phi) is 7.45.